The molecular weight excluding hydrogens is 278 g/mol. The fourth-order valence-electron chi connectivity index (χ4n) is 2.75. The normalized spacial score (nSPS) is 17.9. The molecule has 2 aromatic heterocycles. The van der Waals surface area contributed by atoms with Crippen molar-refractivity contribution in [3.63, 3.8) is 0 Å². The smallest absolute Gasteiger partial charge is 0.260 e. The topological polar surface area (TPSA) is 60.2 Å². The molecule has 3 aromatic rings. The van der Waals surface area contributed by atoms with E-state index >= 15 is 0 Å². The summed E-state index contributed by atoms with van der Waals surface area (Å²) in [5, 5.41) is 8.38. The van der Waals surface area contributed by atoms with Gasteiger partial charge in [0.2, 0.25) is 0 Å². The predicted molar refractivity (Wildman–Crippen MR) is 84.7 cm³/mol. The van der Waals surface area contributed by atoms with Gasteiger partial charge in [-0.3, -0.25) is 0 Å². The Morgan fingerprint density at radius 3 is 2.86 bits per heavy atom. The summed E-state index contributed by atoms with van der Waals surface area (Å²) in [7, 11) is 0. The van der Waals surface area contributed by atoms with Crippen molar-refractivity contribution in [3.05, 3.63) is 42.5 Å². The second-order valence-corrected chi connectivity index (χ2v) is 5.46. The van der Waals surface area contributed by atoms with Crippen LogP contribution in [0.2, 0.25) is 0 Å². The molecule has 1 aromatic carbocycles. The number of hydrogen-bond acceptors (Lipinski definition) is 5. The molecule has 1 unspecified atom stereocenters. The fraction of sp³-hybridized carbons (Fsp3) is 0.294. The molecule has 0 aliphatic carbocycles. The van der Waals surface area contributed by atoms with Crippen molar-refractivity contribution in [3.8, 4) is 11.3 Å². The second kappa shape index (κ2) is 5.77. The van der Waals surface area contributed by atoms with Gasteiger partial charge in [-0.15, -0.1) is 0 Å². The first-order chi connectivity index (χ1) is 10.9. The number of hydrogen-bond donors (Lipinski definition) is 1. The Morgan fingerprint density at radius 2 is 2.05 bits per heavy atom. The predicted octanol–water partition coefficient (Wildman–Crippen LogP) is 3.48. The van der Waals surface area contributed by atoms with Gasteiger partial charge < -0.3 is 14.6 Å². The highest BCUT2D eigenvalue weighted by Crippen LogP contribution is 2.27. The van der Waals surface area contributed by atoms with Gasteiger partial charge in [0, 0.05) is 18.7 Å². The molecular formula is C17H17N3O2. The van der Waals surface area contributed by atoms with Crippen molar-refractivity contribution in [1.29, 1.82) is 0 Å². The number of nitrogens with zero attached hydrogens (tertiary/aromatic N) is 2. The molecule has 1 saturated heterocycles. The molecule has 1 N–H and O–H groups in total. The summed E-state index contributed by atoms with van der Waals surface area (Å²) < 4.78 is 11.0. The molecule has 1 fully saturated rings. The van der Waals surface area contributed by atoms with Crippen LogP contribution in [0.5, 0.6) is 0 Å². The van der Waals surface area contributed by atoms with Crippen molar-refractivity contribution < 1.29 is 9.26 Å². The van der Waals surface area contributed by atoms with Crippen LogP contribution in [-0.2, 0) is 4.74 Å². The van der Waals surface area contributed by atoms with E-state index in [1.807, 2.05) is 42.5 Å². The average molecular weight is 295 g/mol. The number of nitrogens with one attached hydrogen (secondary N) is 1. The molecule has 5 nitrogen and oxygen atoms in total. The van der Waals surface area contributed by atoms with E-state index in [0.717, 1.165) is 48.5 Å². The fourth-order valence-corrected chi connectivity index (χ4v) is 2.75. The summed E-state index contributed by atoms with van der Waals surface area (Å²) in [6, 6.07) is 13.9. The van der Waals surface area contributed by atoms with Crippen LogP contribution in [0.3, 0.4) is 0 Å². The molecule has 22 heavy (non-hydrogen) atoms. The lowest BCUT2D eigenvalue weighted by Crippen LogP contribution is -2.18. The van der Waals surface area contributed by atoms with Gasteiger partial charge >= 0.3 is 0 Å². The van der Waals surface area contributed by atoms with E-state index in [-0.39, 0.29) is 6.10 Å². The van der Waals surface area contributed by atoms with E-state index in [4.69, 9.17) is 9.26 Å². The van der Waals surface area contributed by atoms with Crippen LogP contribution in [0.15, 0.2) is 47.0 Å². The molecule has 1 atom stereocenters. The Hall–Kier alpha value is -2.40. The quantitative estimate of drug-likeness (QED) is 0.798. The van der Waals surface area contributed by atoms with Gasteiger partial charge in [0.05, 0.1) is 11.5 Å². The average Bonchev–Trinajstić information content (AvgIpc) is 3.23. The van der Waals surface area contributed by atoms with E-state index < -0.39 is 0 Å². The van der Waals surface area contributed by atoms with Gasteiger partial charge in [-0.2, -0.15) is 4.98 Å². The Bertz CT molecular complexity index is 764. The molecule has 0 radical (unpaired) electrons. The second-order valence-electron chi connectivity index (χ2n) is 5.46. The third-order valence-corrected chi connectivity index (χ3v) is 3.92. The van der Waals surface area contributed by atoms with Gasteiger partial charge in [-0.25, -0.2) is 0 Å². The Morgan fingerprint density at radius 1 is 1.14 bits per heavy atom. The van der Waals surface area contributed by atoms with Crippen molar-refractivity contribution in [1.82, 2.24) is 10.1 Å². The molecule has 3 heterocycles. The van der Waals surface area contributed by atoms with Gasteiger partial charge in [0.25, 0.3) is 5.71 Å². The van der Waals surface area contributed by atoms with Gasteiger partial charge in [-0.1, -0.05) is 35.5 Å². The lowest BCUT2D eigenvalue weighted by Gasteiger charge is -2.10. The zero-order valence-corrected chi connectivity index (χ0v) is 12.2. The lowest BCUT2D eigenvalue weighted by atomic mass is 10.1. The molecule has 0 bridgehead atoms. The highest BCUT2D eigenvalue weighted by Gasteiger charge is 2.16. The molecule has 4 rings (SSSR count). The lowest BCUT2D eigenvalue weighted by molar-refractivity contribution is 0.120. The summed E-state index contributed by atoms with van der Waals surface area (Å²) in [6.07, 6.45) is 2.53. The van der Waals surface area contributed by atoms with Crippen molar-refractivity contribution in [2.24, 2.45) is 0 Å². The number of benzene rings is 1. The Kier molecular flexibility index (Phi) is 3.48. The number of anilines is 1. The minimum Gasteiger partial charge on any atom is -0.376 e. The number of ether oxygens (including phenoxy) is 1. The van der Waals surface area contributed by atoms with E-state index in [1.54, 1.807) is 0 Å². The van der Waals surface area contributed by atoms with Crippen LogP contribution in [0, 0.1) is 0 Å². The molecule has 0 spiro atoms. The maximum atomic E-state index is 5.60. The van der Waals surface area contributed by atoms with Crippen LogP contribution in [0.25, 0.3) is 22.4 Å². The minimum atomic E-state index is 0.284. The van der Waals surface area contributed by atoms with E-state index in [1.165, 1.54) is 0 Å². The number of aromatic nitrogens is 2. The molecule has 0 amide bonds. The third kappa shape index (κ3) is 2.55. The molecule has 5 heteroatoms. The maximum absolute atomic E-state index is 5.60. The zero-order chi connectivity index (χ0) is 14.8. The van der Waals surface area contributed by atoms with Gasteiger partial charge in [0.15, 0.2) is 0 Å². The SMILES string of the molecule is c1ccc(-c2noc3nc(NCC4CCCO4)ccc23)cc1. The van der Waals surface area contributed by atoms with E-state index in [9.17, 15) is 0 Å². The first-order valence-corrected chi connectivity index (χ1v) is 7.57. The summed E-state index contributed by atoms with van der Waals surface area (Å²) in [4.78, 5) is 4.49. The molecule has 112 valence electrons. The maximum Gasteiger partial charge on any atom is 0.260 e. The first kappa shape index (κ1) is 13.3. The van der Waals surface area contributed by atoms with Crippen LogP contribution in [0.1, 0.15) is 12.8 Å². The first-order valence-electron chi connectivity index (χ1n) is 7.57. The van der Waals surface area contributed by atoms with Crippen LogP contribution in [-0.4, -0.2) is 29.4 Å². The highest BCUT2D eigenvalue weighted by atomic mass is 16.5. The molecule has 1 aliphatic rings. The Labute approximate surface area is 128 Å². The largest absolute Gasteiger partial charge is 0.376 e. The van der Waals surface area contributed by atoms with Crippen molar-refractivity contribution in [2.75, 3.05) is 18.5 Å². The summed E-state index contributed by atoms with van der Waals surface area (Å²) in [6.45, 7) is 1.64. The monoisotopic (exact) mass is 295 g/mol. The zero-order valence-electron chi connectivity index (χ0n) is 12.2. The number of rotatable bonds is 4. The Balaban J connectivity index is 1.57. The highest BCUT2D eigenvalue weighted by molar-refractivity contribution is 5.90. The summed E-state index contributed by atoms with van der Waals surface area (Å²) in [5.41, 5.74) is 2.41. The molecule has 1 aliphatic heterocycles. The van der Waals surface area contributed by atoms with Gasteiger partial charge in [-0.05, 0) is 25.0 Å². The number of fused-ring (bicyclic) bond motifs is 1. The van der Waals surface area contributed by atoms with Crippen LogP contribution >= 0.6 is 0 Å². The van der Waals surface area contributed by atoms with E-state index in [2.05, 4.69) is 15.5 Å². The third-order valence-electron chi connectivity index (χ3n) is 3.92. The van der Waals surface area contributed by atoms with Crippen LogP contribution in [0.4, 0.5) is 5.82 Å². The van der Waals surface area contributed by atoms with Crippen LogP contribution < -0.4 is 5.32 Å². The van der Waals surface area contributed by atoms with Crippen molar-refractivity contribution in [2.45, 2.75) is 18.9 Å². The minimum absolute atomic E-state index is 0.284. The standard InChI is InChI=1S/C17H17N3O2/c1-2-5-12(6-3-1)16-14-8-9-15(19-17(14)22-20-16)18-11-13-7-4-10-21-13/h1-3,5-6,8-9,13H,4,7,10-11H2,(H,18,19). The van der Waals surface area contributed by atoms with E-state index in [0.29, 0.717) is 5.71 Å². The summed E-state index contributed by atoms with van der Waals surface area (Å²) >= 11 is 0. The van der Waals surface area contributed by atoms with Crippen molar-refractivity contribution >= 4 is 16.9 Å². The summed E-state index contributed by atoms with van der Waals surface area (Å²) in [5.74, 6) is 0.791. The van der Waals surface area contributed by atoms with Gasteiger partial charge in [0.1, 0.15) is 11.5 Å². The number of pyridine rings is 1. The molecule has 0 saturated carbocycles.